The fourth-order valence-electron chi connectivity index (χ4n) is 11.3. The highest BCUT2D eigenvalue weighted by atomic mass is 16.5. The quantitative estimate of drug-likeness (QED) is 0.162. The van der Waals surface area contributed by atoms with Gasteiger partial charge in [0.2, 0.25) is 0 Å². The molecule has 59 heavy (non-hydrogen) atoms. The first kappa shape index (κ1) is 34.6. The monoisotopic (exact) mass is 758 g/mol. The number of fused-ring (bicyclic) bond motifs is 19. The average Bonchev–Trinajstić information content (AvgIpc) is 3.82. The summed E-state index contributed by atoms with van der Waals surface area (Å²) in [6, 6.07) is 64.7. The molecule has 0 aromatic heterocycles. The third-order valence-electron chi connectivity index (χ3n) is 14.1. The molecule has 0 saturated heterocycles. The average molecular weight is 759 g/mol. The first-order chi connectivity index (χ1) is 28.5. The van der Waals surface area contributed by atoms with Gasteiger partial charge in [-0.3, -0.25) is 0 Å². The van der Waals surface area contributed by atoms with Gasteiger partial charge in [-0.2, -0.15) is 0 Å². The Kier molecular flexibility index (Phi) is 6.80. The molecule has 1 heteroatoms. The van der Waals surface area contributed by atoms with E-state index in [0.717, 1.165) is 11.5 Å². The topological polar surface area (TPSA) is 9.23 Å². The Hall–Kier alpha value is -6.44. The molecule has 1 heterocycles. The van der Waals surface area contributed by atoms with Crippen molar-refractivity contribution in [3.63, 3.8) is 0 Å². The van der Waals surface area contributed by atoms with E-state index in [0.29, 0.717) is 0 Å². The molecule has 12 rings (SSSR count). The third kappa shape index (κ3) is 4.40. The second-order valence-corrected chi connectivity index (χ2v) is 19.2. The summed E-state index contributed by atoms with van der Waals surface area (Å²) >= 11 is 0. The molecule has 3 aliphatic carbocycles. The minimum Gasteiger partial charge on any atom is -0.457 e. The van der Waals surface area contributed by atoms with E-state index in [1.807, 2.05) is 0 Å². The Labute approximate surface area is 348 Å². The first-order valence-electron chi connectivity index (χ1n) is 21.2. The summed E-state index contributed by atoms with van der Waals surface area (Å²) in [5, 5.41) is 0. The van der Waals surface area contributed by atoms with E-state index in [2.05, 4.69) is 211 Å². The number of rotatable bonds is 1. The highest BCUT2D eigenvalue weighted by Crippen LogP contribution is 2.65. The molecular formula is C58H46O. The van der Waals surface area contributed by atoms with E-state index in [9.17, 15) is 0 Å². The van der Waals surface area contributed by atoms with Crippen molar-refractivity contribution in [3.05, 3.63) is 225 Å². The molecule has 1 aliphatic heterocycles. The molecule has 8 aromatic carbocycles. The van der Waals surface area contributed by atoms with Crippen LogP contribution in [0.2, 0.25) is 0 Å². The van der Waals surface area contributed by atoms with Crippen LogP contribution in [0.4, 0.5) is 0 Å². The highest BCUT2D eigenvalue weighted by molar-refractivity contribution is 5.97. The summed E-state index contributed by atoms with van der Waals surface area (Å²) in [5.41, 5.74) is 22.6. The van der Waals surface area contributed by atoms with E-state index in [1.165, 1.54) is 100 Å². The van der Waals surface area contributed by atoms with Crippen LogP contribution in [0, 0.1) is 0 Å². The Morgan fingerprint density at radius 1 is 0.305 bits per heavy atom. The zero-order valence-corrected chi connectivity index (χ0v) is 34.6. The van der Waals surface area contributed by atoms with Crippen LogP contribution in [-0.4, -0.2) is 0 Å². The van der Waals surface area contributed by atoms with Crippen molar-refractivity contribution in [1.29, 1.82) is 0 Å². The summed E-state index contributed by atoms with van der Waals surface area (Å²) in [4.78, 5) is 0. The van der Waals surface area contributed by atoms with Crippen LogP contribution >= 0.6 is 0 Å². The van der Waals surface area contributed by atoms with Crippen molar-refractivity contribution in [1.82, 2.24) is 0 Å². The van der Waals surface area contributed by atoms with Gasteiger partial charge in [-0.25, -0.2) is 0 Å². The molecule has 0 radical (unpaired) electrons. The lowest BCUT2D eigenvalue weighted by atomic mass is 9.66. The summed E-state index contributed by atoms with van der Waals surface area (Å²) in [6.07, 6.45) is 0. The zero-order chi connectivity index (χ0) is 40.1. The van der Waals surface area contributed by atoms with Crippen LogP contribution in [0.1, 0.15) is 97.2 Å². The van der Waals surface area contributed by atoms with Crippen LogP contribution in [0.25, 0.3) is 44.5 Å². The highest BCUT2D eigenvalue weighted by Gasteiger charge is 2.53. The van der Waals surface area contributed by atoms with Gasteiger partial charge in [0.25, 0.3) is 0 Å². The van der Waals surface area contributed by atoms with Crippen LogP contribution in [-0.2, 0) is 21.7 Å². The van der Waals surface area contributed by atoms with Gasteiger partial charge in [-0.15, -0.1) is 0 Å². The number of hydrogen-bond donors (Lipinski definition) is 0. The van der Waals surface area contributed by atoms with E-state index in [4.69, 9.17) is 4.74 Å². The lowest BCUT2D eigenvalue weighted by Gasteiger charge is -2.39. The molecule has 0 atom stereocenters. The van der Waals surface area contributed by atoms with Crippen LogP contribution in [0.5, 0.6) is 11.5 Å². The van der Waals surface area contributed by atoms with E-state index in [-0.39, 0.29) is 10.8 Å². The second-order valence-electron chi connectivity index (χ2n) is 19.2. The van der Waals surface area contributed by atoms with Gasteiger partial charge < -0.3 is 4.74 Å². The molecule has 0 bridgehead atoms. The summed E-state index contributed by atoms with van der Waals surface area (Å²) in [7, 11) is 0. The SMILES string of the molecule is CC(C)(C)c1ccc2c(c1)C1(c3ccccc3-c3ccc(-c4ccc5c(c4)C4(c6ccccc6Oc6ccccc64)c4ccccc4-5)cc31)c1cc(C(C)(C)C)ccc1-2. The molecule has 0 saturated carbocycles. The molecule has 4 aliphatic rings. The smallest absolute Gasteiger partial charge is 0.132 e. The second kappa shape index (κ2) is 11.6. The van der Waals surface area contributed by atoms with Crippen molar-refractivity contribution >= 4 is 0 Å². The van der Waals surface area contributed by atoms with E-state index in [1.54, 1.807) is 0 Å². The fraction of sp³-hybridized carbons (Fsp3) is 0.172. The molecule has 8 aromatic rings. The minimum absolute atomic E-state index is 0.00368. The molecule has 0 N–H and O–H groups in total. The lowest BCUT2D eigenvalue weighted by Crippen LogP contribution is -2.32. The molecule has 1 nitrogen and oxygen atoms in total. The maximum absolute atomic E-state index is 6.66. The molecule has 2 spiro atoms. The van der Waals surface area contributed by atoms with Gasteiger partial charge in [-0.05, 0) is 124 Å². The standard InChI is InChI=1S/C58H46O/c1-55(2,3)37-25-29-43-44-30-26-38(56(4,5)6)34-52(44)58(51(43)33-37)46-18-10-8-16-40(46)42-28-24-36(32-50(42)58)35-23-27-41-39-15-7-9-17-45(39)57(49(41)31-35)47-19-11-13-21-53(47)59-54-22-14-12-20-48(54)57/h7-34H,1-6H3. The molecule has 0 amide bonds. The predicted molar refractivity (Wildman–Crippen MR) is 243 cm³/mol. The van der Waals surface area contributed by atoms with E-state index >= 15 is 0 Å². The summed E-state index contributed by atoms with van der Waals surface area (Å²) in [6.45, 7) is 14.0. The van der Waals surface area contributed by atoms with Crippen molar-refractivity contribution in [3.8, 4) is 56.0 Å². The van der Waals surface area contributed by atoms with Crippen molar-refractivity contribution in [2.75, 3.05) is 0 Å². The van der Waals surface area contributed by atoms with Gasteiger partial charge >= 0.3 is 0 Å². The maximum atomic E-state index is 6.66. The van der Waals surface area contributed by atoms with E-state index < -0.39 is 10.8 Å². The van der Waals surface area contributed by atoms with Crippen molar-refractivity contribution in [2.45, 2.75) is 63.2 Å². The Bertz CT molecular complexity index is 3000. The maximum Gasteiger partial charge on any atom is 0.132 e. The van der Waals surface area contributed by atoms with Gasteiger partial charge in [0.1, 0.15) is 11.5 Å². The largest absolute Gasteiger partial charge is 0.457 e. The van der Waals surface area contributed by atoms with Gasteiger partial charge in [-0.1, -0.05) is 187 Å². The van der Waals surface area contributed by atoms with Crippen LogP contribution in [0.3, 0.4) is 0 Å². The fourth-order valence-corrected chi connectivity index (χ4v) is 11.3. The van der Waals surface area contributed by atoms with Gasteiger partial charge in [0, 0.05) is 11.1 Å². The molecular weight excluding hydrogens is 713 g/mol. The van der Waals surface area contributed by atoms with Crippen LogP contribution < -0.4 is 4.74 Å². The number of para-hydroxylation sites is 2. The molecule has 284 valence electrons. The zero-order valence-electron chi connectivity index (χ0n) is 34.6. The number of ether oxygens (including phenoxy) is 1. The summed E-state index contributed by atoms with van der Waals surface area (Å²) < 4.78 is 6.66. The predicted octanol–water partition coefficient (Wildman–Crippen LogP) is 14.8. The van der Waals surface area contributed by atoms with Crippen LogP contribution in [0.15, 0.2) is 170 Å². The normalized spacial score (nSPS) is 15.4. The summed E-state index contributed by atoms with van der Waals surface area (Å²) in [5.74, 6) is 1.83. The number of benzene rings is 8. The van der Waals surface area contributed by atoms with Gasteiger partial charge in [0.15, 0.2) is 0 Å². The number of hydrogen-bond acceptors (Lipinski definition) is 1. The molecule has 0 fully saturated rings. The van der Waals surface area contributed by atoms with Gasteiger partial charge in [0.05, 0.1) is 10.8 Å². The Morgan fingerprint density at radius 3 is 1.05 bits per heavy atom. The Balaban J connectivity index is 1.14. The third-order valence-corrected chi connectivity index (χ3v) is 14.1. The van der Waals surface area contributed by atoms with Crippen molar-refractivity contribution in [2.24, 2.45) is 0 Å². The first-order valence-corrected chi connectivity index (χ1v) is 21.2. The minimum atomic E-state index is -0.516. The Morgan fingerprint density at radius 2 is 0.627 bits per heavy atom. The molecule has 0 unspecified atom stereocenters. The lowest BCUT2D eigenvalue weighted by molar-refractivity contribution is 0.436. The van der Waals surface area contributed by atoms with Crippen molar-refractivity contribution < 1.29 is 4.74 Å².